The summed E-state index contributed by atoms with van der Waals surface area (Å²) in [6, 6.07) is 9.59. The summed E-state index contributed by atoms with van der Waals surface area (Å²) >= 11 is 0. The van der Waals surface area contributed by atoms with Gasteiger partial charge in [0.2, 0.25) is 5.88 Å². The van der Waals surface area contributed by atoms with Crippen molar-refractivity contribution in [2.45, 2.75) is 39.2 Å². The fraction of sp³-hybridized carbons (Fsp3) is 0.300. The molecule has 1 saturated heterocycles. The molecule has 0 saturated carbocycles. The van der Waals surface area contributed by atoms with Crippen LogP contribution in [-0.4, -0.2) is 22.5 Å². The van der Waals surface area contributed by atoms with Gasteiger partial charge < -0.3 is 10.1 Å². The molecule has 1 N–H and O–H groups in total. The number of rotatable bonds is 4. The van der Waals surface area contributed by atoms with Gasteiger partial charge in [0.05, 0.1) is 6.57 Å². The number of hydrogen-bond donors (Lipinski definition) is 1. The zero-order chi connectivity index (χ0) is 19.8. The third-order valence-electron chi connectivity index (χ3n) is 4.26. The van der Waals surface area contributed by atoms with E-state index >= 15 is 0 Å². The summed E-state index contributed by atoms with van der Waals surface area (Å²) in [5.41, 5.74) is 0.493. The van der Waals surface area contributed by atoms with E-state index in [4.69, 9.17) is 11.3 Å². The fourth-order valence-corrected chi connectivity index (χ4v) is 2.82. The lowest BCUT2D eigenvalue weighted by molar-refractivity contribution is -0.121. The number of aromatic nitrogens is 1. The number of pyridine rings is 1. The largest absolute Gasteiger partial charge is 0.439 e. The van der Waals surface area contributed by atoms with Crippen LogP contribution in [0.3, 0.4) is 0 Å². The molecule has 7 nitrogen and oxygen atoms in total. The maximum atomic E-state index is 12.4. The highest BCUT2D eigenvalue weighted by Crippen LogP contribution is 2.33. The minimum absolute atomic E-state index is 0.171. The second-order valence-corrected chi connectivity index (χ2v) is 7.12. The van der Waals surface area contributed by atoms with Crippen molar-refractivity contribution >= 4 is 23.4 Å². The van der Waals surface area contributed by atoms with Gasteiger partial charge >= 0.3 is 6.03 Å². The predicted octanol–water partition coefficient (Wildman–Crippen LogP) is 4.38. The van der Waals surface area contributed by atoms with Gasteiger partial charge in [0.15, 0.2) is 5.69 Å². The monoisotopic (exact) mass is 364 g/mol. The summed E-state index contributed by atoms with van der Waals surface area (Å²) < 4.78 is 5.81. The van der Waals surface area contributed by atoms with Gasteiger partial charge in [0.25, 0.3) is 5.91 Å². The number of carbonyl (C=O) groups excluding carboxylic acids is 2. The number of nitrogens with zero attached hydrogens (tertiary/aromatic N) is 3. The van der Waals surface area contributed by atoms with Crippen molar-refractivity contribution < 1.29 is 14.3 Å². The van der Waals surface area contributed by atoms with Crippen molar-refractivity contribution in [3.8, 4) is 11.6 Å². The molecule has 1 aliphatic rings. The number of carbonyl (C=O) groups is 2. The summed E-state index contributed by atoms with van der Waals surface area (Å²) in [6.45, 7) is 14.5. The molecule has 27 heavy (non-hydrogen) atoms. The van der Waals surface area contributed by atoms with Crippen molar-refractivity contribution in [1.29, 1.82) is 0 Å². The third kappa shape index (κ3) is 3.47. The van der Waals surface area contributed by atoms with E-state index in [1.165, 1.54) is 0 Å². The molecule has 3 amide bonds. The molecular formula is C20H20N4O3. The van der Waals surface area contributed by atoms with Gasteiger partial charge in [0.1, 0.15) is 17.1 Å². The molecule has 2 heterocycles. The summed E-state index contributed by atoms with van der Waals surface area (Å²) in [7, 11) is 0. The van der Waals surface area contributed by atoms with Crippen LogP contribution in [0.1, 0.15) is 39.2 Å². The Kier molecular flexibility index (Phi) is 4.58. The molecule has 1 aromatic carbocycles. The first-order chi connectivity index (χ1) is 12.7. The van der Waals surface area contributed by atoms with E-state index in [-0.39, 0.29) is 23.5 Å². The lowest BCUT2D eigenvalue weighted by Crippen LogP contribution is -2.40. The Bertz CT molecular complexity index is 960. The molecular weight excluding hydrogens is 344 g/mol. The minimum atomic E-state index is -0.975. The molecule has 1 aromatic heterocycles. The molecule has 0 unspecified atom stereocenters. The van der Waals surface area contributed by atoms with Crippen LogP contribution in [0.4, 0.5) is 16.3 Å². The number of nitrogens with one attached hydrogen (secondary N) is 1. The smallest absolute Gasteiger partial charge is 0.330 e. The fourth-order valence-electron chi connectivity index (χ4n) is 2.82. The van der Waals surface area contributed by atoms with E-state index in [1.807, 2.05) is 19.9 Å². The van der Waals surface area contributed by atoms with Gasteiger partial charge in [-0.2, -0.15) is 4.98 Å². The third-order valence-corrected chi connectivity index (χ3v) is 4.26. The molecule has 2 aromatic rings. The van der Waals surface area contributed by atoms with E-state index in [0.29, 0.717) is 11.4 Å². The standard InChI is InChI=1S/C20H20N4O3/c1-12(2)14-11-13(9-10-15(14)21-5)27-17-8-6-7-16(22-17)24-18(25)20(3,4)23-19(24)26/h6-12H,1-4H3,(H,23,26). The molecule has 1 fully saturated rings. The number of urea groups is 1. The number of amides is 3. The topological polar surface area (TPSA) is 75.9 Å². The van der Waals surface area contributed by atoms with Gasteiger partial charge in [-0.3, -0.25) is 4.79 Å². The first-order valence-corrected chi connectivity index (χ1v) is 8.56. The van der Waals surface area contributed by atoms with Crippen LogP contribution in [-0.2, 0) is 4.79 Å². The molecule has 1 aliphatic heterocycles. The van der Waals surface area contributed by atoms with Crippen LogP contribution < -0.4 is 15.0 Å². The van der Waals surface area contributed by atoms with Crippen molar-refractivity contribution in [2.75, 3.05) is 4.90 Å². The van der Waals surface area contributed by atoms with Crippen LogP contribution in [0.5, 0.6) is 11.6 Å². The second-order valence-electron chi connectivity index (χ2n) is 7.12. The van der Waals surface area contributed by atoms with Crippen molar-refractivity contribution in [1.82, 2.24) is 10.3 Å². The molecule has 3 rings (SSSR count). The summed E-state index contributed by atoms with van der Waals surface area (Å²) in [6.07, 6.45) is 0. The Hall–Kier alpha value is -3.40. The van der Waals surface area contributed by atoms with E-state index in [0.717, 1.165) is 10.5 Å². The van der Waals surface area contributed by atoms with Gasteiger partial charge in [-0.1, -0.05) is 26.0 Å². The number of benzene rings is 1. The van der Waals surface area contributed by atoms with Gasteiger partial charge in [-0.15, -0.1) is 0 Å². The highest BCUT2D eigenvalue weighted by atomic mass is 16.5. The minimum Gasteiger partial charge on any atom is -0.439 e. The van der Waals surface area contributed by atoms with E-state index in [9.17, 15) is 9.59 Å². The van der Waals surface area contributed by atoms with Gasteiger partial charge in [0, 0.05) is 6.07 Å². The zero-order valence-corrected chi connectivity index (χ0v) is 15.6. The Morgan fingerprint density at radius 3 is 2.56 bits per heavy atom. The first kappa shape index (κ1) is 18.4. The Balaban J connectivity index is 1.90. The maximum absolute atomic E-state index is 12.4. The first-order valence-electron chi connectivity index (χ1n) is 8.56. The van der Waals surface area contributed by atoms with Crippen LogP contribution in [0.25, 0.3) is 4.85 Å². The number of imide groups is 1. The predicted molar refractivity (Wildman–Crippen MR) is 101 cm³/mol. The number of hydrogen-bond acceptors (Lipinski definition) is 4. The lowest BCUT2D eigenvalue weighted by atomic mass is 10.0. The molecule has 0 radical (unpaired) electrons. The van der Waals surface area contributed by atoms with Gasteiger partial charge in [-0.25, -0.2) is 14.5 Å². The molecule has 7 heteroatoms. The highest BCUT2D eigenvalue weighted by Gasteiger charge is 2.45. The average molecular weight is 364 g/mol. The summed E-state index contributed by atoms with van der Waals surface area (Å²) in [4.78, 5) is 33.4. The molecule has 138 valence electrons. The Labute approximate surface area is 157 Å². The van der Waals surface area contributed by atoms with E-state index in [2.05, 4.69) is 15.1 Å². The van der Waals surface area contributed by atoms with Crippen LogP contribution in [0, 0.1) is 6.57 Å². The summed E-state index contributed by atoms with van der Waals surface area (Å²) in [5, 5.41) is 2.62. The van der Waals surface area contributed by atoms with Crippen LogP contribution >= 0.6 is 0 Å². The quantitative estimate of drug-likeness (QED) is 0.645. The lowest BCUT2D eigenvalue weighted by Gasteiger charge is -2.16. The van der Waals surface area contributed by atoms with Gasteiger partial charge in [-0.05, 0) is 43.5 Å². The zero-order valence-electron chi connectivity index (χ0n) is 15.6. The van der Waals surface area contributed by atoms with Crippen molar-refractivity contribution in [3.63, 3.8) is 0 Å². The van der Waals surface area contributed by atoms with E-state index < -0.39 is 11.6 Å². The van der Waals surface area contributed by atoms with Crippen LogP contribution in [0.15, 0.2) is 36.4 Å². The second kappa shape index (κ2) is 6.72. The number of anilines is 1. The SMILES string of the molecule is [C-]#[N+]c1ccc(Oc2cccc(N3C(=O)NC(C)(C)C3=O)n2)cc1C(C)C. The van der Waals surface area contributed by atoms with Crippen LogP contribution in [0.2, 0.25) is 0 Å². The average Bonchev–Trinajstić information content (AvgIpc) is 2.82. The van der Waals surface area contributed by atoms with Crippen molar-refractivity contribution in [3.05, 3.63) is 53.4 Å². The maximum Gasteiger partial charge on any atom is 0.330 e. The molecule has 0 bridgehead atoms. The normalized spacial score (nSPS) is 15.6. The molecule has 0 aliphatic carbocycles. The van der Waals surface area contributed by atoms with Crippen molar-refractivity contribution in [2.24, 2.45) is 0 Å². The van der Waals surface area contributed by atoms with E-state index in [1.54, 1.807) is 44.2 Å². The highest BCUT2D eigenvalue weighted by molar-refractivity contribution is 6.22. The molecule has 0 spiro atoms. The Morgan fingerprint density at radius 1 is 1.22 bits per heavy atom. The summed E-state index contributed by atoms with van der Waals surface area (Å²) in [5.74, 6) is 0.782. The number of ether oxygens (including phenoxy) is 1. The Morgan fingerprint density at radius 2 is 1.96 bits per heavy atom. The molecule has 0 atom stereocenters.